The number of benzene rings is 1. The van der Waals surface area contributed by atoms with E-state index < -0.39 is 21.9 Å². The molecule has 1 aliphatic rings. The molecule has 0 fully saturated rings. The number of sulfonamides is 1. The van der Waals surface area contributed by atoms with E-state index in [9.17, 15) is 18.0 Å². The maximum Gasteiger partial charge on any atom is 0.354 e. The quantitative estimate of drug-likeness (QED) is 0.837. The Hall–Kier alpha value is -2.78. The number of hydrogen-bond donors (Lipinski definition) is 2. The molecule has 3 N–H and O–H groups in total. The van der Waals surface area contributed by atoms with Gasteiger partial charge in [0.2, 0.25) is 10.0 Å². The zero-order valence-corrected chi connectivity index (χ0v) is 13.2. The van der Waals surface area contributed by atoms with Gasteiger partial charge in [0.1, 0.15) is 5.69 Å². The fraction of sp³-hybridized carbons (Fsp3) is 0.133. The fourth-order valence-corrected chi connectivity index (χ4v) is 3.12. The van der Waals surface area contributed by atoms with Gasteiger partial charge in [-0.3, -0.25) is 4.79 Å². The van der Waals surface area contributed by atoms with Crippen LogP contribution in [0.4, 0.5) is 5.69 Å². The van der Waals surface area contributed by atoms with Gasteiger partial charge in [0.15, 0.2) is 0 Å². The SMILES string of the molecule is NS(=O)(=O)c1ccc2c(c1)N(C(=O)c1ccnc(C(=O)O)c1)CC2. The highest BCUT2D eigenvalue weighted by Crippen LogP contribution is 2.31. The highest BCUT2D eigenvalue weighted by Gasteiger charge is 2.27. The molecule has 1 amide bonds. The summed E-state index contributed by atoms with van der Waals surface area (Å²) in [6, 6.07) is 6.98. The summed E-state index contributed by atoms with van der Waals surface area (Å²) in [5.74, 6) is -1.66. The molecule has 24 heavy (non-hydrogen) atoms. The van der Waals surface area contributed by atoms with Crippen LogP contribution in [0.5, 0.6) is 0 Å². The molecular formula is C15H13N3O5S. The van der Waals surface area contributed by atoms with Crippen molar-refractivity contribution in [3.05, 3.63) is 53.3 Å². The van der Waals surface area contributed by atoms with Crippen molar-refractivity contribution < 1.29 is 23.1 Å². The Morgan fingerprint density at radius 1 is 1.21 bits per heavy atom. The monoisotopic (exact) mass is 347 g/mol. The fourth-order valence-electron chi connectivity index (χ4n) is 2.58. The summed E-state index contributed by atoms with van der Waals surface area (Å²) < 4.78 is 23.0. The Kier molecular flexibility index (Phi) is 3.82. The van der Waals surface area contributed by atoms with Crippen LogP contribution in [0.2, 0.25) is 0 Å². The second kappa shape index (κ2) is 5.69. The van der Waals surface area contributed by atoms with E-state index in [2.05, 4.69) is 4.98 Å². The maximum absolute atomic E-state index is 12.7. The molecule has 0 unspecified atom stereocenters. The molecule has 0 atom stereocenters. The van der Waals surface area contributed by atoms with E-state index in [4.69, 9.17) is 10.2 Å². The first-order chi connectivity index (χ1) is 11.3. The standard InChI is InChI=1S/C15H13N3O5S/c16-24(22,23)11-2-1-9-4-6-18(13(9)8-11)14(19)10-3-5-17-12(7-10)15(20)21/h1-3,5,7-8H,4,6H2,(H,20,21)(H2,16,22,23). The van der Waals surface area contributed by atoms with Crippen molar-refractivity contribution in [2.45, 2.75) is 11.3 Å². The van der Waals surface area contributed by atoms with Crippen LogP contribution in [-0.2, 0) is 16.4 Å². The third-order valence-corrected chi connectivity index (χ3v) is 4.66. The van der Waals surface area contributed by atoms with Crippen molar-refractivity contribution in [2.75, 3.05) is 11.4 Å². The van der Waals surface area contributed by atoms with Crippen LogP contribution in [0.1, 0.15) is 26.4 Å². The smallest absolute Gasteiger partial charge is 0.354 e. The van der Waals surface area contributed by atoms with Crippen molar-refractivity contribution in [3.63, 3.8) is 0 Å². The molecule has 1 aromatic carbocycles. The molecular weight excluding hydrogens is 334 g/mol. The minimum Gasteiger partial charge on any atom is -0.477 e. The highest BCUT2D eigenvalue weighted by atomic mass is 32.2. The molecule has 1 aliphatic heterocycles. The molecule has 0 spiro atoms. The number of carboxylic acids is 1. The number of carbonyl (C=O) groups excluding carboxylic acids is 1. The van der Waals surface area contributed by atoms with E-state index in [0.717, 1.165) is 5.56 Å². The predicted molar refractivity (Wildman–Crippen MR) is 84.4 cm³/mol. The second-order valence-corrected chi connectivity index (χ2v) is 6.84. The molecule has 0 radical (unpaired) electrons. The summed E-state index contributed by atoms with van der Waals surface area (Å²) in [5, 5.41) is 14.1. The van der Waals surface area contributed by atoms with Crippen LogP contribution in [0.15, 0.2) is 41.4 Å². The molecule has 0 saturated heterocycles. The first-order valence-electron chi connectivity index (χ1n) is 6.94. The van der Waals surface area contributed by atoms with E-state index in [1.807, 2.05) is 0 Å². The van der Waals surface area contributed by atoms with Crippen molar-refractivity contribution in [2.24, 2.45) is 5.14 Å². The number of nitrogens with zero attached hydrogens (tertiary/aromatic N) is 2. The largest absolute Gasteiger partial charge is 0.477 e. The lowest BCUT2D eigenvalue weighted by Crippen LogP contribution is -2.29. The summed E-state index contributed by atoms with van der Waals surface area (Å²) in [5.41, 5.74) is 1.21. The number of aromatic nitrogens is 1. The predicted octanol–water partition coefficient (Wildman–Crippen LogP) is 0.630. The zero-order valence-electron chi connectivity index (χ0n) is 12.3. The number of nitrogens with two attached hydrogens (primary N) is 1. The van der Waals surface area contributed by atoms with Crippen LogP contribution in [0.25, 0.3) is 0 Å². The number of anilines is 1. The van der Waals surface area contributed by atoms with Gasteiger partial charge >= 0.3 is 5.97 Å². The van der Waals surface area contributed by atoms with Crippen LogP contribution in [0.3, 0.4) is 0 Å². The van der Waals surface area contributed by atoms with Gasteiger partial charge in [-0.05, 0) is 36.2 Å². The number of hydrogen-bond acceptors (Lipinski definition) is 5. The number of carboxylic acid groups (broad SMARTS) is 1. The zero-order chi connectivity index (χ0) is 17.5. The summed E-state index contributed by atoms with van der Waals surface area (Å²) >= 11 is 0. The third-order valence-electron chi connectivity index (χ3n) is 3.75. The van der Waals surface area contributed by atoms with Gasteiger partial charge in [-0.15, -0.1) is 0 Å². The van der Waals surface area contributed by atoms with E-state index in [1.165, 1.54) is 35.4 Å². The van der Waals surface area contributed by atoms with Crippen LogP contribution < -0.4 is 10.0 Å². The molecule has 0 saturated carbocycles. The Balaban J connectivity index is 2.00. The Bertz CT molecular complexity index is 955. The first kappa shape index (κ1) is 16.1. The molecule has 0 aliphatic carbocycles. The van der Waals surface area contributed by atoms with E-state index in [-0.39, 0.29) is 16.2 Å². The average Bonchev–Trinajstić information content (AvgIpc) is 2.96. The van der Waals surface area contributed by atoms with Crippen molar-refractivity contribution >= 4 is 27.6 Å². The summed E-state index contributed by atoms with van der Waals surface area (Å²) in [7, 11) is -3.88. The summed E-state index contributed by atoms with van der Waals surface area (Å²) in [4.78, 5) is 28.7. The van der Waals surface area contributed by atoms with Crippen LogP contribution >= 0.6 is 0 Å². The maximum atomic E-state index is 12.7. The number of fused-ring (bicyclic) bond motifs is 1. The van der Waals surface area contributed by atoms with E-state index in [1.54, 1.807) is 6.07 Å². The topological polar surface area (TPSA) is 131 Å². The van der Waals surface area contributed by atoms with E-state index in [0.29, 0.717) is 18.7 Å². The molecule has 1 aromatic heterocycles. The number of rotatable bonds is 3. The van der Waals surface area contributed by atoms with Gasteiger partial charge in [0.25, 0.3) is 5.91 Å². The Labute approximate surface area is 137 Å². The van der Waals surface area contributed by atoms with Crippen LogP contribution in [0, 0.1) is 0 Å². The van der Waals surface area contributed by atoms with Gasteiger partial charge in [-0.2, -0.15) is 0 Å². The first-order valence-corrected chi connectivity index (χ1v) is 8.49. The third kappa shape index (κ3) is 2.86. The normalized spacial score (nSPS) is 13.6. The molecule has 2 aromatic rings. The lowest BCUT2D eigenvalue weighted by atomic mass is 10.1. The molecule has 9 heteroatoms. The van der Waals surface area contributed by atoms with Crippen molar-refractivity contribution in [1.29, 1.82) is 0 Å². The van der Waals surface area contributed by atoms with Crippen molar-refractivity contribution in [3.8, 4) is 0 Å². The second-order valence-electron chi connectivity index (χ2n) is 5.28. The number of carbonyl (C=O) groups is 2. The number of amides is 1. The van der Waals surface area contributed by atoms with Gasteiger partial charge in [-0.1, -0.05) is 6.07 Å². The van der Waals surface area contributed by atoms with Gasteiger partial charge in [0.05, 0.1) is 4.90 Å². The van der Waals surface area contributed by atoms with Gasteiger partial charge in [-0.25, -0.2) is 23.3 Å². The highest BCUT2D eigenvalue weighted by molar-refractivity contribution is 7.89. The molecule has 3 rings (SSSR count). The van der Waals surface area contributed by atoms with Crippen molar-refractivity contribution in [1.82, 2.24) is 4.98 Å². The van der Waals surface area contributed by atoms with Gasteiger partial charge in [0, 0.05) is 24.0 Å². The summed E-state index contributed by atoms with van der Waals surface area (Å²) in [6.45, 7) is 0.368. The average molecular weight is 347 g/mol. The minimum absolute atomic E-state index is 0.0816. The number of primary sulfonamides is 1. The minimum atomic E-state index is -3.88. The summed E-state index contributed by atoms with van der Waals surface area (Å²) in [6.07, 6.45) is 1.82. The molecule has 2 heterocycles. The van der Waals surface area contributed by atoms with E-state index >= 15 is 0 Å². The molecule has 0 bridgehead atoms. The van der Waals surface area contributed by atoms with Gasteiger partial charge < -0.3 is 10.0 Å². The lowest BCUT2D eigenvalue weighted by molar-refractivity contribution is 0.0690. The Morgan fingerprint density at radius 2 is 1.96 bits per heavy atom. The van der Waals surface area contributed by atoms with Crippen LogP contribution in [-0.4, -0.2) is 36.9 Å². The number of aromatic carboxylic acids is 1. The number of pyridine rings is 1. The molecule has 8 nitrogen and oxygen atoms in total. The Morgan fingerprint density at radius 3 is 2.62 bits per heavy atom. The lowest BCUT2D eigenvalue weighted by Gasteiger charge is -2.18. The molecule has 124 valence electrons.